The van der Waals surface area contributed by atoms with E-state index in [4.69, 9.17) is 5.73 Å². The highest BCUT2D eigenvalue weighted by molar-refractivity contribution is 7.13. The van der Waals surface area contributed by atoms with Crippen molar-refractivity contribution in [3.63, 3.8) is 0 Å². The third-order valence-corrected chi connectivity index (χ3v) is 2.88. The number of nitrogens with zero attached hydrogens (tertiary/aromatic N) is 2. The van der Waals surface area contributed by atoms with Crippen LogP contribution in [0.3, 0.4) is 0 Å². The van der Waals surface area contributed by atoms with Crippen molar-refractivity contribution in [1.29, 1.82) is 0 Å². The Balaban J connectivity index is 1.81. The third kappa shape index (κ3) is 3.25. The molecule has 5 nitrogen and oxygen atoms in total. The summed E-state index contributed by atoms with van der Waals surface area (Å²) in [6, 6.07) is 3.46. The fraction of sp³-hybridized carbons (Fsp3) is 0.182. The van der Waals surface area contributed by atoms with Crippen molar-refractivity contribution in [3.05, 3.63) is 41.2 Å². The predicted molar refractivity (Wildman–Crippen MR) is 66.8 cm³/mol. The zero-order valence-corrected chi connectivity index (χ0v) is 9.91. The van der Waals surface area contributed by atoms with Crippen LogP contribution >= 0.6 is 11.3 Å². The number of hydrogen-bond donors (Lipinski definition) is 2. The summed E-state index contributed by atoms with van der Waals surface area (Å²) in [6.07, 6.45) is 3.85. The van der Waals surface area contributed by atoms with Crippen LogP contribution in [-0.4, -0.2) is 22.4 Å². The van der Waals surface area contributed by atoms with E-state index in [0.717, 1.165) is 5.69 Å². The fourth-order valence-corrected chi connectivity index (χ4v) is 1.94. The minimum absolute atomic E-state index is 0.124. The number of carbonyl (C=O) groups excluding carboxylic acids is 1. The van der Waals surface area contributed by atoms with Crippen LogP contribution in [0.1, 0.15) is 16.1 Å². The van der Waals surface area contributed by atoms with Gasteiger partial charge in [-0.2, -0.15) is 0 Å². The van der Waals surface area contributed by atoms with E-state index >= 15 is 0 Å². The van der Waals surface area contributed by atoms with Gasteiger partial charge in [0.1, 0.15) is 0 Å². The highest BCUT2D eigenvalue weighted by atomic mass is 32.1. The molecule has 0 saturated carbocycles. The average molecular weight is 248 g/mol. The first-order valence-electron chi connectivity index (χ1n) is 5.14. The highest BCUT2D eigenvalue weighted by Crippen LogP contribution is 2.10. The van der Waals surface area contributed by atoms with E-state index in [1.54, 1.807) is 18.3 Å². The Labute approximate surface area is 103 Å². The molecule has 0 atom stereocenters. The molecular formula is C11H12N4OS. The molecule has 0 aromatic carbocycles. The SMILES string of the molecule is Nc1nc(CCNC(=O)c2cccnc2)cs1. The van der Waals surface area contributed by atoms with Gasteiger partial charge in [-0.1, -0.05) is 0 Å². The van der Waals surface area contributed by atoms with Crippen LogP contribution in [0.5, 0.6) is 0 Å². The molecule has 0 unspecified atom stereocenters. The molecule has 2 aromatic rings. The summed E-state index contributed by atoms with van der Waals surface area (Å²) >= 11 is 1.40. The summed E-state index contributed by atoms with van der Waals surface area (Å²) in [5, 5.41) is 5.25. The van der Waals surface area contributed by atoms with Crippen LogP contribution in [0.2, 0.25) is 0 Å². The lowest BCUT2D eigenvalue weighted by molar-refractivity contribution is 0.0953. The number of amides is 1. The van der Waals surface area contributed by atoms with Crippen LogP contribution in [0, 0.1) is 0 Å². The Morgan fingerprint density at radius 1 is 1.53 bits per heavy atom. The number of anilines is 1. The molecule has 88 valence electrons. The Morgan fingerprint density at radius 2 is 2.41 bits per heavy atom. The lowest BCUT2D eigenvalue weighted by atomic mass is 10.2. The Kier molecular flexibility index (Phi) is 3.66. The van der Waals surface area contributed by atoms with Gasteiger partial charge in [0.25, 0.3) is 5.91 Å². The molecule has 6 heteroatoms. The standard InChI is InChI=1S/C11H12N4OS/c12-11-15-9(7-17-11)3-5-14-10(16)8-2-1-4-13-6-8/h1-2,4,6-7H,3,5H2,(H2,12,15)(H,14,16). The maximum Gasteiger partial charge on any atom is 0.252 e. The van der Waals surface area contributed by atoms with E-state index in [2.05, 4.69) is 15.3 Å². The second-order valence-electron chi connectivity index (χ2n) is 3.42. The first-order chi connectivity index (χ1) is 8.25. The lowest BCUT2D eigenvalue weighted by Crippen LogP contribution is -2.25. The first kappa shape index (κ1) is 11.5. The zero-order chi connectivity index (χ0) is 12.1. The molecule has 2 aromatic heterocycles. The van der Waals surface area contributed by atoms with E-state index in [1.807, 2.05) is 5.38 Å². The quantitative estimate of drug-likeness (QED) is 0.848. The van der Waals surface area contributed by atoms with Crippen molar-refractivity contribution in [2.45, 2.75) is 6.42 Å². The average Bonchev–Trinajstić information content (AvgIpc) is 2.76. The summed E-state index contributed by atoms with van der Waals surface area (Å²) in [7, 11) is 0. The lowest BCUT2D eigenvalue weighted by Gasteiger charge is -2.03. The number of carbonyl (C=O) groups is 1. The molecule has 0 aliphatic heterocycles. The Hall–Kier alpha value is -1.95. The predicted octanol–water partition coefficient (Wildman–Crippen LogP) is 1.09. The van der Waals surface area contributed by atoms with Crippen LogP contribution in [0.15, 0.2) is 29.9 Å². The molecule has 0 fully saturated rings. The summed E-state index contributed by atoms with van der Waals surface area (Å²) in [4.78, 5) is 19.6. The molecule has 17 heavy (non-hydrogen) atoms. The summed E-state index contributed by atoms with van der Waals surface area (Å²) in [6.45, 7) is 0.539. The van der Waals surface area contributed by atoms with Crippen LogP contribution in [-0.2, 0) is 6.42 Å². The first-order valence-corrected chi connectivity index (χ1v) is 6.02. The largest absolute Gasteiger partial charge is 0.375 e. The number of nitrogen functional groups attached to an aromatic ring is 1. The molecule has 1 amide bonds. The summed E-state index contributed by atoms with van der Waals surface area (Å²) in [5.41, 5.74) is 6.98. The number of hydrogen-bond acceptors (Lipinski definition) is 5. The number of thiazole rings is 1. The van der Waals surface area contributed by atoms with Gasteiger partial charge in [0, 0.05) is 30.7 Å². The molecule has 0 aliphatic carbocycles. The van der Waals surface area contributed by atoms with Gasteiger partial charge in [0.05, 0.1) is 11.3 Å². The van der Waals surface area contributed by atoms with E-state index in [0.29, 0.717) is 23.7 Å². The van der Waals surface area contributed by atoms with Gasteiger partial charge >= 0.3 is 0 Å². The fourth-order valence-electron chi connectivity index (χ4n) is 1.34. The van der Waals surface area contributed by atoms with Crippen molar-refractivity contribution in [2.75, 3.05) is 12.3 Å². The van der Waals surface area contributed by atoms with Gasteiger partial charge in [-0.25, -0.2) is 4.98 Å². The van der Waals surface area contributed by atoms with Gasteiger partial charge < -0.3 is 11.1 Å². The third-order valence-electron chi connectivity index (χ3n) is 2.16. The van der Waals surface area contributed by atoms with Crippen LogP contribution < -0.4 is 11.1 Å². The van der Waals surface area contributed by atoms with Crippen molar-refractivity contribution in [3.8, 4) is 0 Å². The zero-order valence-electron chi connectivity index (χ0n) is 9.09. The van der Waals surface area contributed by atoms with Crippen LogP contribution in [0.25, 0.3) is 0 Å². The minimum atomic E-state index is -0.124. The van der Waals surface area contributed by atoms with Gasteiger partial charge in [0.15, 0.2) is 5.13 Å². The molecule has 3 N–H and O–H groups in total. The number of pyridine rings is 1. The number of aromatic nitrogens is 2. The number of nitrogens with one attached hydrogen (secondary N) is 1. The van der Waals surface area contributed by atoms with Gasteiger partial charge in [-0.05, 0) is 12.1 Å². The monoisotopic (exact) mass is 248 g/mol. The molecule has 0 spiro atoms. The van der Waals surface area contributed by atoms with Crippen LogP contribution in [0.4, 0.5) is 5.13 Å². The second kappa shape index (κ2) is 5.40. The van der Waals surface area contributed by atoms with E-state index < -0.39 is 0 Å². The Morgan fingerprint density at radius 3 is 3.06 bits per heavy atom. The smallest absolute Gasteiger partial charge is 0.252 e. The summed E-state index contributed by atoms with van der Waals surface area (Å²) in [5.74, 6) is -0.124. The topological polar surface area (TPSA) is 80.9 Å². The van der Waals surface area contributed by atoms with E-state index in [-0.39, 0.29) is 5.91 Å². The normalized spacial score (nSPS) is 10.1. The van der Waals surface area contributed by atoms with Crippen molar-refractivity contribution < 1.29 is 4.79 Å². The number of rotatable bonds is 4. The van der Waals surface area contributed by atoms with Crippen molar-refractivity contribution in [2.24, 2.45) is 0 Å². The molecule has 2 heterocycles. The van der Waals surface area contributed by atoms with Crippen molar-refractivity contribution >= 4 is 22.4 Å². The minimum Gasteiger partial charge on any atom is -0.375 e. The molecule has 2 rings (SSSR count). The van der Waals surface area contributed by atoms with Crippen molar-refractivity contribution in [1.82, 2.24) is 15.3 Å². The molecule has 0 radical (unpaired) electrons. The molecule has 0 bridgehead atoms. The molecular weight excluding hydrogens is 236 g/mol. The van der Waals surface area contributed by atoms with E-state index in [1.165, 1.54) is 17.5 Å². The Bertz CT molecular complexity index is 497. The molecule has 0 aliphatic rings. The highest BCUT2D eigenvalue weighted by Gasteiger charge is 2.04. The number of nitrogens with two attached hydrogens (primary N) is 1. The maximum absolute atomic E-state index is 11.6. The maximum atomic E-state index is 11.6. The molecule has 0 saturated heterocycles. The van der Waals surface area contributed by atoms with Gasteiger partial charge in [-0.3, -0.25) is 9.78 Å². The summed E-state index contributed by atoms with van der Waals surface area (Å²) < 4.78 is 0. The van der Waals surface area contributed by atoms with Gasteiger partial charge in [-0.15, -0.1) is 11.3 Å². The van der Waals surface area contributed by atoms with Gasteiger partial charge in [0.2, 0.25) is 0 Å². The van der Waals surface area contributed by atoms with E-state index in [9.17, 15) is 4.79 Å². The second-order valence-corrected chi connectivity index (χ2v) is 4.31.